The van der Waals surface area contributed by atoms with Crippen LogP contribution in [0.4, 0.5) is 0 Å². The third-order valence-electron chi connectivity index (χ3n) is 1.29. The molecule has 0 heteroatoms. The second-order valence-corrected chi connectivity index (χ2v) is 2.42. The predicted octanol–water partition coefficient (Wildman–Crippen LogP) is 4.01. The lowest BCUT2D eigenvalue weighted by Gasteiger charge is -1.74. The van der Waals surface area contributed by atoms with E-state index in [0.717, 1.165) is 6.42 Å². The average Bonchev–Trinajstić information content (AvgIpc) is 2.16. The molecule has 0 atom stereocenters. The van der Waals surface area contributed by atoms with Crippen molar-refractivity contribution in [2.75, 3.05) is 0 Å². The average molecular weight is 173 g/mol. The summed E-state index contributed by atoms with van der Waals surface area (Å²) in [4.78, 5) is 0. The number of hydrogen-bond donors (Lipinski definition) is 0. The second-order valence-electron chi connectivity index (χ2n) is 2.42. The maximum Gasteiger partial charge on any atom is -0.0313 e. The zero-order valence-corrected chi connectivity index (χ0v) is 8.19. The third kappa shape index (κ3) is 10.7. The van der Waals surface area contributed by atoms with Crippen LogP contribution >= 0.6 is 0 Å². The topological polar surface area (TPSA) is 0 Å². The van der Waals surface area contributed by atoms with Crippen LogP contribution in [0.5, 0.6) is 0 Å². The zero-order valence-electron chi connectivity index (χ0n) is 8.19. The Bertz CT molecular complexity index is 224. The first kappa shape index (κ1) is 11.7. The summed E-state index contributed by atoms with van der Waals surface area (Å²) in [6, 6.07) is 0. The van der Waals surface area contributed by atoms with Gasteiger partial charge in [-0.1, -0.05) is 67.7 Å². The molecule has 0 aliphatic carbocycles. The van der Waals surface area contributed by atoms with Gasteiger partial charge in [0, 0.05) is 0 Å². The van der Waals surface area contributed by atoms with Crippen molar-refractivity contribution in [1.82, 2.24) is 0 Å². The van der Waals surface area contributed by atoms with Crippen molar-refractivity contribution < 1.29 is 0 Å². The molecule has 0 unspecified atom stereocenters. The largest absolute Gasteiger partial charge is 0.0848 e. The minimum Gasteiger partial charge on any atom is -0.0848 e. The van der Waals surface area contributed by atoms with Crippen LogP contribution in [0.1, 0.15) is 13.3 Å². The summed E-state index contributed by atoms with van der Waals surface area (Å²) in [5, 5.41) is 0. The predicted molar refractivity (Wildman–Crippen MR) is 61.3 cm³/mol. The van der Waals surface area contributed by atoms with Crippen LogP contribution in [-0.4, -0.2) is 0 Å². The van der Waals surface area contributed by atoms with E-state index >= 15 is 0 Å². The molecule has 69 valence electrons. The summed E-state index contributed by atoms with van der Waals surface area (Å²) in [6.07, 6.45) is 20.8. The molecule has 0 aromatic rings. The van der Waals surface area contributed by atoms with E-state index in [9.17, 15) is 0 Å². The Morgan fingerprint density at radius 3 is 1.69 bits per heavy atom. The van der Waals surface area contributed by atoms with Gasteiger partial charge in [-0.3, -0.25) is 0 Å². The number of allylic oxidation sites excluding steroid dienone is 10. The van der Waals surface area contributed by atoms with E-state index in [1.807, 2.05) is 48.6 Å². The Labute approximate surface area is 81.7 Å². The lowest BCUT2D eigenvalue weighted by atomic mass is 10.3. The molecule has 0 heterocycles. The van der Waals surface area contributed by atoms with E-state index in [2.05, 4.69) is 19.9 Å². The highest BCUT2D eigenvalue weighted by atomic mass is 13.7. The lowest BCUT2D eigenvalue weighted by Crippen LogP contribution is -1.53. The van der Waals surface area contributed by atoms with Crippen molar-refractivity contribution in [1.29, 1.82) is 0 Å². The fourth-order valence-corrected chi connectivity index (χ4v) is 0.678. The third-order valence-corrected chi connectivity index (χ3v) is 1.29. The second kappa shape index (κ2) is 10.7. The van der Waals surface area contributed by atoms with Gasteiger partial charge in [-0.15, -0.1) is 0 Å². The van der Waals surface area contributed by atoms with Gasteiger partial charge in [0.05, 0.1) is 0 Å². The van der Waals surface area contributed by atoms with Crippen LogP contribution in [0.15, 0.2) is 60.8 Å². The molecular formula is C13H17. The van der Waals surface area contributed by atoms with Crippen LogP contribution in [0.3, 0.4) is 0 Å². The Balaban J connectivity index is 3.62. The van der Waals surface area contributed by atoms with Crippen molar-refractivity contribution >= 4 is 0 Å². The minimum absolute atomic E-state index is 1.09. The van der Waals surface area contributed by atoms with Crippen LogP contribution in [0.2, 0.25) is 0 Å². The van der Waals surface area contributed by atoms with Crippen LogP contribution in [0.25, 0.3) is 0 Å². The number of rotatable bonds is 5. The molecule has 0 saturated carbocycles. The fourth-order valence-electron chi connectivity index (χ4n) is 0.678. The summed E-state index contributed by atoms with van der Waals surface area (Å²) >= 11 is 0. The highest BCUT2D eigenvalue weighted by Gasteiger charge is 1.63. The van der Waals surface area contributed by atoms with E-state index in [1.165, 1.54) is 0 Å². The highest BCUT2D eigenvalue weighted by molar-refractivity contribution is 5.17. The van der Waals surface area contributed by atoms with Gasteiger partial charge >= 0.3 is 0 Å². The van der Waals surface area contributed by atoms with Gasteiger partial charge in [-0.05, 0) is 13.3 Å². The fraction of sp³-hybridized carbons (Fsp3) is 0.154. The van der Waals surface area contributed by atoms with E-state index in [0.29, 0.717) is 0 Å². The van der Waals surface area contributed by atoms with Crippen LogP contribution < -0.4 is 0 Å². The Kier molecular flexibility index (Phi) is 9.63. The summed E-state index contributed by atoms with van der Waals surface area (Å²) in [7, 11) is 0. The van der Waals surface area contributed by atoms with Gasteiger partial charge < -0.3 is 0 Å². The molecule has 0 aliphatic heterocycles. The van der Waals surface area contributed by atoms with Crippen LogP contribution in [-0.2, 0) is 0 Å². The number of hydrogen-bond acceptors (Lipinski definition) is 0. The highest BCUT2D eigenvalue weighted by Crippen LogP contribution is 1.84. The Morgan fingerprint density at radius 2 is 1.23 bits per heavy atom. The smallest absolute Gasteiger partial charge is 0.0313 e. The van der Waals surface area contributed by atoms with Gasteiger partial charge in [0.2, 0.25) is 0 Å². The Hall–Kier alpha value is -1.30. The first-order valence-electron chi connectivity index (χ1n) is 4.52. The molecule has 0 fully saturated rings. The first-order chi connectivity index (χ1) is 6.41. The van der Waals surface area contributed by atoms with Gasteiger partial charge in [0.15, 0.2) is 0 Å². The van der Waals surface area contributed by atoms with Crippen molar-refractivity contribution in [3.8, 4) is 0 Å². The molecule has 13 heavy (non-hydrogen) atoms. The molecule has 0 aromatic carbocycles. The SMILES string of the molecule is [CH2]C=CC=CC=CC=CC=CCC. The van der Waals surface area contributed by atoms with Crippen molar-refractivity contribution in [2.45, 2.75) is 13.3 Å². The molecule has 1 radical (unpaired) electrons. The molecule has 0 amide bonds. The summed E-state index contributed by atoms with van der Waals surface area (Å²) in [5.74, 6) is 0. The first-order valence-corrected chi connectivity index (χ1v) is 4.52. The van der Waals surface area contributed by atoms with Crippen LogP contribution in [0, 0.1) is 6.92 Å². The minimum atomic E-state index is 1.09. The van der Waals surface area contributed by atoms with E-state index < -0.39 is 0 Å². The monoisotopic (exact) mass is 173 g/mol. The van der Waals surface area contributed by atoms with Gasteiger partial charge in [0.25, 0.3) is 0 Å². The van der Waals surface area contributed by atoms with Crippen molar-refractivity contribution in [3.05, 3.63) is 67.7 Å². The molecule has 0 nitrogen and oxygen atoms in total. The molecule has 0 aromatic heterocycles. The molecule has 0 aliphatic rings. The van der Waals surface area contributed by atoms with Gasteiger partial charge in [-0.25, -0.2) is 0 Å². The van der Waals surface area contributed by atoms with E-state index in [-0.39, 0.29) is 0 Å². The van der Waals surface area contributed by atoms with E-state index in [1.54, 1.807) is 6.08 Å². The molecular weight excluding hydrogens is 156 g/mol. The zero-order chi connectivity index (χ0) is 9.78. The summed E-state index contributed by atoms with van der Waals surface area (Å²) in [5.41, 5.74) is 0. The molecule has 0 N–H and O–H groups in total. The Morgan fingerprint density at radius 1 is 0.769 bits per heavy atom. The maximum absolute atomic E-state index is 3.57. The van der Waals surface area contributed by atoms with Crippen molar-refractivity contribution in [2.24, 2.45) is 0 Å². The van der Waals surface area contributed by atoms with Crippen molar-refractivity contribution in [3.63, 3.8) is 0 Å². The quantitative estimate of drug-likeness (QED) is 0.551. The molecule has 0 spiro atoms. The maximum atomic E-state index is 3.57. The molecule has 0 saturated heterocycles. The van der Waals surface area contributed by atoms with E-state index in [4.69, 9.17) is 0 Å². The molecule has 0 rings (SSSR count). The van der Waals surface area contributed by atoms with Gasteiger partial charge in [0.1, 0.15) is 0 Å². The van der Waals surface area contributed by atoms with Gasteiger partial charge in [-0.2, -0.15) is 0 Å². The normalized spacial score (nSPS) is 13.7. The lowest BCUT2D eigenvalue weighted by molar-refractivity contribution is 1.22. The summed E-state index contributed by atoms with van der Waals surface area (Å²) in [6.45, 7) is 5.69. The standard InChI is InChI=1S/C13H17/c1-3-5-7-9-11-13-12-10-8-6-4-2/h3,5-13H,1,4H2,2H3. The summed E-state index contributed by atoms with van der Waals surface area (Å²) < 4.78 is 0. The molecule has 0 bridgehead atoms.